The second kappa shape index (κ2) is 9.78. The van der Waals surface area contributed by atoms with Crippen LogP contribution < -0.4 is 24.3 Å². The Hall–Kier alpha value is -3.13. The molecule has 0 atom stereocenters. The van der Waals surface area contributed by atoms with Gasteiger partial charge in [-0.25, -0.2) is 0 Å². The first-order valence-electron chi connectivity index (χ1n) is 10.4. The molecule has 0 radical (unpaired) electrons. The molecule has 1 fully saturated rings. The highest BCUT2D eigenvalue weighted by Crippen LogP contribution is 2.36. The topological polar surface area (TPSA) is 95.5 Å². The monoisotopic (exact) mass is 429 g/mol. The van der Waals surface area contributed by atoms with E-state index >= 15 is 0 Å². The summed E-state index contributed by atoms with van der Waals surface area (Å²) in [5.74, 6) is 2.39. The van der Waals surface area contributed by atoms with E-state index in [2.05, 4.69) is 5.32 Å². The predicted octanol–water partition coefficient (Wildman–Crippen LogP) is 3.27. The van der Waals surface area contributed by atoms with Gasteiger partial charge in [-0.1, -0.05) is 0 Å². The van der Waals surface area contributed by atoms with Crippen LogP contribution in [0.3, 0.4) is 0 Å². The molecule has 2 aromatic carbocycles. The number of fused-ring (bicyclic) bond motifs is 1. The van der Waals surface area contributed by atoms with Gasteiger partial charge in [0, 0.05) is 30.8 Å². The minimum Gasteiger partial charge on any atom is -0.508 e. The lowest BCUT2D eigenvalue weighted by Gasteiger charge is -2.29. The zero-order valence-corrected chi connectivity index (χ0v) is 17.5. The Balaban J connectivity index is 1.27. The van der Waals surface area contributed by atoms with Crippen LogP contribution in [0.4, 0.5) is 0 Å². The van der Waals surface area contributed by atoms with Crippen molar-refractivity contribution in [2.24, 2.45) is 0 Å². The standard InChI is InChI=1S/C23H27NO7/c1-27-8-9-28-20-11-15(10-17(25)12-20)23(26)24-16-2-4-18(5-3-16)31-19-6-7-21-22(13-19)30-14-29-21/h6-7,10-13,16,18,25H,2-5,8-9,14H2,1H3,(H,24,26). The fraction of sp³-hybridized carbons (Fsp3) is 0.435. The Morgan fingerprint density at radius 3 is 2.65 bits per heavy atom. The van der Waals surface area contributed by atoms with E-state index in [-0.39, 0.29) is 30.6 Å². The lowest BCUT2D eigenvalue weighted by atomic mass is 9.92. The van der Waals surface area contributed by atoms with Crippen molar-refractivity contribution < 1.29 is 33.6 Å². The fourth-order valence-corrected chi connectivity index (χ4v) is 3.78. The molecule has 0 spiro atoms. The maximum atomic E-state index is 12.7. The predicted molar refractivity (Wildman–Crippen MR) is 112 cm³/mol. The number of methoxy groups -OCH3 is 1. The van der Waals surface area contributed by atoms with Gasteiger partial charge >= 0.3 is 0 Å². The van der Waals surface area contributed by atoms with Crippen LogP contribution >= 0.6 is 0 Å². The van der Waals surface area contributed by atoms with Gasteiger partial charge in [-0.05, 0) is 49.9 Å². The average Bonchev–Trinajstić information content (AvgIpc) is 3.23. The number of aromatic hydroxyl groups is 1. The smallest absolute Gasteiger partial charge is 0.251 e. The lowest BCUT2D eigenvalue weighted by molar-refractivity contribution is 0.0892. The molecule has 0 aromatic heterocycles. The number of carbonyl (C=O) groups excluding carboxylic acids is 1. The van der Waals surface area contributed by atoms with Gasteiger partial charge in [0.05, 0.1) is 12.7 Å². The van der Waals surface area contributed by atoms with Gasteiger partial charge in [0.2, 0.25) is 6.79 Å². The van der Waals surface area contributed by atoms with Crippen molar-refractivity contribution in [3.63, 3.8) is 0 Å². The summed E-state index contributed by atoms with van der Waals surface area (Å²) in [5.41, 5.74) is 0.367. The van der Waals surface area contributed by atoms with E-state index in [0.717, 1.165) is 37.2 Å². The number of ether oxygens (including phenoxy) is 5. The van der Waals surface area contributed by atoms with E-state index in [1.807, 2.05) is 18.2 Å². The largest absolute Gasteiger partial charge is 0.508 e. The summed E-state index contributed by atoms with van der Waals surface area (Å²) in [4.78, 5) is 12.7. The van der Waals surface area contributed by atoms with Crippen LogP contribution in [0, 0.1) is 0 Å². The molecule has 2 aromatic rings. The van der Waals surface area contributed by atoms with Gasteiger partial charge in [0.15, 0.2) is 11.5 Å². The Bertz CT molecular complexity index is 909. The Labute approximate surface area is 181 Å². The normalized spacial score (nSPS) is 19.6. The number of rotatable bonds is 8. The molecule has 31 heavy (non-hydrogen) atoms. The number of phenolic OH excluding ortho intramolecular Hbond substituents is 1. The molecule has 8 heteroatoms. The number of carbonyl (C=O) groups is 1. The lowest BCUT2D eigenvalue weighted by Crippen LogP contribution is -2.39. The van der Waals surface area contributed by atoms with Gasteiger partial charge < -0.3 is 34.1 Å². The molecule has 1 aliphatic heterocycles. The highest BCUT2D eigenvalue weighted by Gasteiger charge is 2.25. The minimum absolute atomic E-state index is 0.0131. The van der Waals surface area contributed by atoms with E-state index in [0.29, 0.717) is 30.3 Å². The molecule has 166 valence electrons. The molecular formula is C23H27NO7. The second-order valence-electron chi connectivity index (χ2n) is 7.64. The number of nitrogens with one attached hydrogen (secondary N) is 1. The summed E-state index contributed by atoms with van der Waals surface area (Å²) >= 11 is 0. The van der Waals surface area contributed by atoms with Crippen molar-refractivity contribution in [3.8, 4) is 28.7 Å². The van der Waals surface area contributed by atoms with E-state index in [1.165, 1.54) is 12.1 Å². The van der Waals surface area contributed by atoms with Crippen molar-refractivity contribution in [2.75, 3.05) is 27.1 Å². The molecule has 1 heterocycles. The van der Waals surface area contributed by atoms with Crippen molar-refractivity contribution in [3.05, 3.63) is 42.0 Å². The highest BCUT2D eigenvalue weighted by atomic mass is 16.7. The van der Waals surface area contributed by atoms with Crippen LogP contribution in [0.15, 0.2) is 36.4 Å². The van der Waals surface area contributed by atoms with Crippen LogP contribution in [0.1, 0.15) is 36.0 Å². The van der Waals surface area contributed by atoms with Crippen LogP contribution in [-0.4, -0.2) is 50.3 Å². The molecule has 1 amide bonds. The molecule has 8 nitrogen and oxygen atoms in total. The van der Waals surface area contributed by atoms with Gasteiger partial charge in [-0.3, -0.25) is 4.79 Å². The Kier molecular flexibility index (Phi) is 6.66. The Morgan fingerprint density at radius 1 is 1.03 bits per heavy atom. The van der Waals surface area contributed by atoms with Crippen LogP contribution in [0.25, 0.3) is 0 Å². The van der Waals surface area contributed by atoms with E-state index in [9.17, 15) is 9.90 Å². The van der Waals surface area contributed by atoms with Crippen LogP contribution in [0.5, 0.6) is 28.7 Å². The van der Waals surface area contributed by atoms with Crippen LogP contribution in [0.2, 0.25) is 0 Å². The quantitative estimate of drug-likeness (QED) is 0.622. The van der Waals surface area contributed by atoms with E-state index in [1.54, 1.807) is 13.2 Å². The van der Waals surface area contributed by atoms with Crippen molar-refractivity contribution >= 4 is 5.91 Å². The number of benzene rings is 2. The minimum atomic E-state index is -0.229. The zero-order chi connectivity index (χ0) is 21.6. The molecule has 0 unspecified atom stereocenters. The number of hydrogen-bond acceptors (Lipinski definition) is 7. The third kappa shape index (κ3) is 5.52. The second-order valence-corrected chi connectivity index (χ2v) is 7.64. The number of phenols is 1. The molecule has 4 rings (SSSR count). The molecule has 2 N–H and O–H groups in total. The van der Waals surface area contributed by atoms with Gasteiger partial charge in [0.1, 0.15) is 23.9 Å². The summed E-state index contributed by atoms with van der Waals surface area (Å²) in [6.07, 6.45) is 3.40. The highest BCUT2D eigenvalue weighted by molar-refractivity contribution is 5.95. The summed E-state index contributed by atoms with van der Waals surface area (Å²) in [6, 6.07) is 10.2. The van der Waals surface area contributed by atoms with Gasteiger partial charge in [-0.15, -0.1) is 0 Å². The van der Waals surface area contributed by atoms with Gasteiger partial charge in [-0.2, -0.15) is 0 Å². The summed E-state index contributed by atoms with van der Waals surface area (Å²) < 4.78 is 27.3. The first-order valence-corrected chi connectivity index (χ1v) is 10.4. The third-order valence-corrected chi connectivity index (χ3v) is 5.37. The zero-order valence-electron chi connectivity index (χ0n) is 17.5. The Morgan fingerprint density at radius 2 is 1.84 bits per heavy atom. The summed E-state index contributed by atoms with van der Waals surface area (Å²) in [7, 11) is 1.58. The average molecular weight is 429 g/mol. The number of hydrogen-bond donors (Lipinski definition) is 2. The SMILES string of the molecule is COCCOc1cc(O)cc(C(=O)NC2CCC(Oc3ccc4c(c3)OCO4)CC2)c1. The maximum absolute atomic E-state index is 12.7. The first-order chi connectivity index (χ1) is 15.1. The first kappa shape index (κ1) is 21.1. The summed E-state index contributed by atoms with van der Waals surface area (Å²) in [6.45, 7) is 1.01. The fourth-order valence-electron chi connectivity index (χ4n) is 3.78. The van der Waals surface area contributed by atoms with Crippen molar-refractivity contribution in [1.82, 2.24) is 5.32 Å². The van der Waals surface area contributed by atoms with Gasteiger partial charge in [0.25, 0.3) is 5.91 Å². The van der Waals surface area contributed by atoms with Crippen molar-refractivity contribution in [2.45, 2.75) is 37.8 Å². The molecule has 2 aliphatic rings. The molecule has 0 saturated heterocycles. The van der Waals surface area contributed by atoms with E-state index < -0.39 is 0 Å². The summed E-state index contributed by atoms with van der Waals surface area (Å²) in [5, 5.41) is 13.0. The third-order valence-electron chi connectivity index (χ3n) is 5.37. The number of amides is 1. The van der Waals surface area contributed by atoms with Crippen LogP contribution in [-0.2, 0) is 4.74 Å². The van der Waals surface area contributed by atoms with Crippen molar-refractivity contribution in [1.29, 1.82) is 0 Å². The molecule has 1 aliphatic carbocycles. The molecule has 0 bridgehead atoms. The molecule has 1 saturated carbocycles. The maximum Gasteiger partial charge on any atom is 0.251 e. The van der Waals surface area contributed by atoms with E-state index in [4.69, 9.17) is 23.7 Å². The molecular weight excluding hydrogens is 402 g/mol.